The number of aromatic nitrogens is 3. The number of hydrogen-bond donors (Lipinski definition) is 1. The summed E-state index contributed by atoms with van der Waals surface area (Å²) < 4.78 is 1.82. The molecular formula is C21H23N5O3S. The lowest BCUT2D eigenvalue weighted by Gasteiger charge is -2.17. The van der Waals surface area contributed by atoms with Crippen LogP contribution >= 0.6 is 11.8 Å². The van der Waals surface area contributed by atoms with Gasteiger partial charge in [0.25, 0.3) is 5.69 Å². The third kappa shape index (κ3) is 5.24. The molecule has 0 radical (unpaired) electrons. The number of thioether (sulfide) groups is 1. The summed E-state index contributed by atoms with van der Waals surface area (Å²) in [5, 5.41) is 23.1. The van der Waals surface area contributed by atoms with Gasteiger partial charge in [0, 0.05) is 29.0 Å². The van der Waals surface area contributed by atoms with Crippen molar-refractivity contribution in [2.75, 3.05) is 0 Å². The Morgan fingerprint density at radius 3 is 2.37 bits per heavy atom. The van der Waals surface area contributed by atoms with Crippen molar-refractivity contribution >= 4 is 23.4 Å². The van der Waals surface area contributed by atoms with Crippen LogP contribution in [0.3, 0.4) is 0 Å². The molecule has 0 unspecified atom stereocenters. The van der Waals surface area contributed by atoms with Crippen LogP contribution < -0.4 is 5.32 Å². The number of carbonyl (C=O) groups excluding carboxylic acids is 1. The van der Waals surface area contributed by atoms with Gasteiger partial charge in [0.2, 0.25) is 5.91 Å². The molecule has 1 heterocycles. The first-order valence-electron chi connectivity index (χ1n) is 9.40. The van der Waals surface area contributed by atoms with E-state index in [-0.39, 0.29) is 18.1 Å². The topological polar surface area (TPSA) is 103 Å². The van der Waals surface area contributed by atoms with E-state index in [0.717, 1.165) is 5.56 Å². The first kappa shape index (κ1) is 21.5. The Hall–Kier alpha value is -3.20. The lowest BCUT2D eigenvalue weighted by molar-refractivity contribution is -0.384. The van der Waals surface area contributed by atoms with Crippen molar-refractivity contribution in [1.82, 2.24) is 20.1 Å². The van der Waals surface area contributed by atoms with Crippen LogP contribution in [0.2, 0.25) is 0 Å². The number of non-ortho nitro benzene ring substituents is 1. The van der Waals surface area contributed by atoms with Gasteiger partial charge in [-0.25, -0.2) is 0 Å². The molecule has 0 saturated heterocycles. The van der Waals surface area contributed by atoms with Crippen LogP contribution in [0.5, 0.6) is 0 Å². The predicted molar refractivity (Wildman–Crippen MR) is 115 cm³/mol. The van der Waals surface area contributed by atoms with E-state index < -0.39 is 10.3 Å². The molecule has 0 fully saturated rings. The zero-order valence-corrected chi connectivity index (χ0v) is 17.8. The third-order valence-corrected chi connectivity index (χ3v) is 5.32. The minimum atomic E-state index is -0.525. The molecule has 3 rings (SSSR count). The zero-order chi connectivity index (χ0) is 21.7. The molecule has 0 aliphatic rings. The van der Waals surface area contributed by atoms with Gasteiger partial charge in [0.05, 0.1) is 11.5 Å². The first-order valence-corrected chi connectivity index (χ1v) is 10.4. The normalized spacial score (nSPS) is 11.3. The molecule has 0 bridgehead atoms. The van der Waals surface area contributed by atoms with Crippen LogP contribution in [0.15, 0.2) is 59.8 Å². The molecule has 30 heavy (non-hydrogen) atoms. The number of amides is 1. The van der Waals surface area contributed by atoms with Crippen molar-refractivity contribution in [2.45, 2.75) is 38.2 Å². The summed E-state index contributed by atoms with van der Waals surface area (Å²) in [4.78, 5) is 22.8. The minimum Gasteiger partial charge on any atom is -0.348 e. The third-order valence-electron chi connectivity index (χ3n) is 4.32. The van der Waals surface area contributed by atoms with Crippen molar-refractivity contribution < 1.29 is 9.72 Å². The van der Waals surface area contributed by atoms with Gasteiger partial charge in [0.1, 0.15) is 0 Å². The van der Waals surface area contributed by atoms with Gasteiger partial charge in [-0.3, -0.25) is 19.5 Å². The molecule has 0 aliphatic carbocycles. The molecule has 156 valence electrons. The van der Waals surface area contributed by atoms with Gasteiger partial charge >= 0.3 is 0 Å². The van der Waals surface area contributed by atoms with Gasteiger partial charge in [-0.2, -0.15) is 0 Å². The summed E-state index contributed by atoms with van der Waals surface area (Å²) in [6, 6.07) is 16.2. The zero-order valence-electron chi connectivity index (χ0n) is 17.0. The second kappa shape index (κ2) is 9.08. The first-order chi connectivity index (χ1) is 14.3. The molecule has 0 aliphatic heterocycles. The fraction of sp³-hybridized carbons (Fsp3) is 0.286. The summed E-state index contributed by atoms with van der Waals surface area (Å²) in [6.45, 7) is 5.71. The fourth-order valence-corrected chi connectivity index (χ4v) is 3.56. The van der Waals surface area contributed by atoms with Gasteiger partial charge in [-0.15, -0.1) is 10.2 Å². The number of nitro benzene ring substituents is 1. The van der Waals surface area contributed by atoms with Crippen molar-refractivity contribution in [1.29, 1.82) is 0 Å². The highest BCUT2D eigenvalue weighted by atomic mass is 32.2. The van der Waals surface area contributed by atoms with Crippen LogP contribution in [0, 0.1) is 15.5 Å². The average molecular weight is 426 g/mol. The smallest absolute Gasteiger partial charge is 0.269 e. The summed E-state index contributed by atoms with van der Waals surface area (Å²) in [5.74, 6) is 1.15. The van der Waals surface area contributed by atoms with Crippen LogP contribution in [-0.2, 0) is 17.1 Å². The van der Waals surface area contributed by atoms with E-state index in [0.29, 0.717) is 22.4 Å². The highest BCUT2D eigenvalue weighted by Gasteiger charge is 2.22. The molecule has 8 nitrogen and oxygen atoms in total. The van der Waals surface area contributed by atoms with E-state index in [4.69, 9.17) is 0 Å². The van der Waals surface area contributed by atoms with Gasteiger partial charge < -0.3 is 5.32 Å². The van der Waals surface area contributed by atoms with E-state index in [2.05, 4.69) is 15.5 Å². The Morgan fingerprint density at radius 1 is 1.10 bits per heavy atom. The summed E-state index contributed by atoms with van der Waals surface area (Å²) in [5.41, 5.74) is 1.32. The number of benzene rings is 2. The van der Waals surface area contributed by atoms with Crippen LogP contribution in [0.25, 0.3) is 5.69 Å². The number of nitrogens with zero attached hydrogens (tertiary/aromatic N) is 4. The molecule has 1 amide bonds. The number of hydrogen-bond acceptors (Lipinski definition) is 6. The maximum absolute atomic E-state index is 12.3. The van der Waals surface area contributed by atoms with E-state index >= 15 is 0 Å². The Morgan fingerprint density at radius 2 is 1.77 bits per heavy atom. The molecule has 0 saturated carbocycles. The summed E-state index contributed by atoms with van der Waals surface area (Å²) >= 11 is 1.51. The number of nitrogens with one attached hydrogen (secondary N) is 1. The maximum Gasteiger partial charge on any atom is 0.269 e. The Labute approximate surface area is 178 Å². The Bertz CT molecular complexity index is 1030. The number of carbonyl (C=O) groups is 1. The van der Waals surface area contributed by atoms with Gasteiger partial charge in [0.15, 0.2) is 11.0 Å². The fourth-order valence-electron chi connectivity index (χ4n) is 2.64. The highest BCUT2D eigenvalue weighted by molar-refractivity contribution is 7.98. The van der Waals surface area contributed by atoms with E-state index in [9.17, 15) is 14.9 Å². The second-order valence-corrected chi connectivity index (χ2v) is 8.66. The standard InChI is InChI=1S/C21H23N5O3S/c1-21(2,3)19(27)22-13-18-23-24-20(30-14-15-7-5-4-6-8-15)25(18)16-9-11-17(12-10-16)26(28)29/h4-12H,13-14H2,1-3H3,(H,22,27). The summed E-state index contributed by atoms with van der Waals surface area (Å²) in [7, 11) is 0. The van der Waals surface area contributed by atoms with E-state index in [1.54, 1.807) is 12.1 Å². The van der Waals surface area contributed by atoms with Crippen molar-refractivity contribution in [3.05, 3.63) is 76.1 Å². The van der Waals surface area contributed by atoms with Gasteiger partial charge in [-0.05, 0) is 17.7 Å². The number of rotatable bonds is 7. The molecule has 0 spiro atoms. The van der Waals surface area contributed by atoms with Crippen molar-refractivity contribution in [3.8, 4) is 5.69 Å². The SMILES string of the molecule is CC(C)(C)C(=O)NCc1nnc(SCc2ccccc2)n1-c1ccc([N+](=O)[O-])cc1. The van der Waals surface area contributed by atoms with E-state index in [1.807, 2.05) is 55.7 Å². The Balaban J connectivity index is 1.89. The molecule has 1 aromatic heterocycles. The largest absolute Gasteiger partial charge is 0.348 e. The predicted octanol–water partition coefficient (Wildman–Crippen LogP) is 4.13. The maximum atomic E-state index is 12.3. The molecule has 9 heteroatoms. The molecule has 0 atom stereocenters. The molecular weight excluding hydrogens is 402 g/mol. The van der Waals surface area contributed by atoms with Crippen molar-refractivity contribution in [3.63, 3.8) is 0 Å². The minimum absolute atomic E-state index is 0.00731. The molecule has 1 N–H and O–H groups in total. The van der Waals surface area contributed by atoms with Crippen LogP contribution in [-0.4, -0.2) is 25.6 Å². The van der Waals surface area contributed by atoms with Crippen molar-refractivity contribution in [2.24, 2.45) is 5.41 Å². The van der Waals surface area contributed by atoms with Gasteiger partial charge in [-0.1, -0.05) is 62.9 Å². The molecule has 3 aromatic rings. The second-order valence-electron chi connectivity index (χ2n) is 7.71. The highest BCUT2D eigenvalue weighted by Crippen LogP contribution is 2.26. The summed E-state index contributed by atoms with van der Waals surface area (Å²) in [6.07, 6.45) is 0. The quantitative estimate of drug-likeness (QED) is 0.347. The number of nitro groups is 1. The monoisotopic (exact) mass is 425 g/mol. The lowest BCUT2D eigenvalue weighted by Crippen LogP contribution is -2.35. The Kier molecular flexibility index (Phi) is 6.51. The van der Waals surface area contributed by atoms with Crippen LogP contribution in [0.1, 0.15) is 32.2 Å². The molecule has 2 aromatic carbocycles. The lowest BCUT2D eigenvalue weighted by atomic mass is 9.96. The van der Waals surface area contributed by atoms with Crippen LogP contribution in [0.4, 0.5) is 5.69 Å². The van der Waals surface area contributed by atoms with E-state index in [1.165, 1.54) is 23.9 Å². The average Bonchev–Trinajstić information content (AvgIpc) is 3.13.